The van der Waals surface area contributed by atoms with E-state index < -0.39 is 5.97 Å². The Morgan fingerprint density at radius 3 is 2.08 bits per heavy atom. The highest BCUT2D eigenvalue weighted by atomic mass is 19.1. The zero-order valence-corrected chi connectivity index (χ0v) is 16.2. The summed E-state index contributed by atoms with van der Waals surface area (Å²) in [5.41, 5.74) is 4.26. The summed E-state index contributed by atoms with van der Waals surface area (Å²) in [6.45, 7) is 8.39. The second-order valence-corrected chi connectivity index (χ2v) is 6.85. The second-order valence-electron chi connectivity index (χ2n) is 6.85. The summed E-state index contributed by atoms with van der Waals surface area (Å²) in [7, 11) is 2.96. The van der Waals surface area contributed by atoms with Crippen LogP contribution in [0.4, 0.5) is 4.39 Å². The van der Waals surface area contributed by atoms with Gasteiger partial charge in [-0.1, -0.05) is 39.8 Å². The van der Waals surface area contributed by atoms with Crippen LogP contribution in [0, 0.1) is 5.82 Å². The average molecular weight is 361 g/mol. The Balaban J connectivity index is 2.97. The second kappa shape index (κ2) is 8.41. The van der Waals surface area contributed by atoms with E-state index in [9.17, 15) is 9.18 Å². The minimum Gasteiger partial charge on any atom is -0.465 e. The van der Waals surface area contributed by atoms with Gasteiger partial charge in [-0.3, -0.25) is 4.98 Å². The molecule has 0 bridgehead atoms. The van der Waals surface area contributed by atoms with E-state index in [4.69, 9.17) is 14.5 Å². The van der Waals surface area contributed by atoms with Gasteiger partial charge in [0.25, 0.3) is 0 Å². The number of methoxy groups -OCH3 is 2. The van der Waals surface area contributed by atoms with Gasteiger partial charge in [0.05, 0.1) is 25.0 Å². The van der Waals surface area contributed by atoms with Crippen LogP contribution in [-0.4, -0.2) is 25.2 Å². The maximum absolute atomic E-state index is 13.5. The number of pyridine rings is 1. The topological polar surface area (TPSA) is 48.4 Å². The van der Waals surface area contributed by atoms with E-state index in [0.717, 1.165) is 16.8 Å². The number of carbonyl (C=O) groups excluding carboxylic acids is 1. The molecular formula is C21H26FNO3. The van der Waals surface area contributed by atoms with Gasteiger partial charge >= 0.3 is 5.97 Å². The van der Waals surface area contributed by atoms with Crippen molar-refractivity contribution in [1.29, 1.82) is 0 Å². The number of hydrogen-bond donors (Lipinski definition) is 0. The summed E-state index contributed by atoms with van der Waals surface area (Å²) < 4.78 is 23.9. The van der Waals surface area contributed by atoms with E-state index in [-0.39, 0.29) is 17.7 Å². The average Bonchev–Trinajstić information content (AvgIpc) is 2.61. The summed E-state index contributed by atoms with van der Waals surface area (Å²) in [4.78, 5) is 17.5. The van der Waals surface area contributed by atoms with Crippen molar-refractivity contribution in [3.05, 3.63) is 52.6 Å². The van der Waals surface area contributed by atoms with Crippen molar-refractivity contribution in [2.45, 2.75) is 46.1 Å². The molecule has 140 valence electrons. The molecule has 1 aromatic carbocycles. The smallest absolute Gasteiger partial charge is 0.340 e. The number of aromatic nitrogens is 1. The van der Waals surface area contributed by atoms with Crippen molar-refractivity contribution in [1.82, 2.24) is 4.98 Å². The van der Waals surface area contributed by atoms with Crippen LogP contribution < -0.4 is 0 Å². The Bertz CT molecular complexity index is 783. The number of halogens is 1. The third-order valence-electron chi connectivity index (χ3n) is 4.26. The highest BCUT2D eigenvalue weighted by Gasteiger charge is 2.28. The first kappa shape index (κ1) is 20.0. The van der Waals surface area contributed by atoms with Crippen molar-refractivity contribution in [2.75, 3.05) is 14.2 Å². The summed E-state index contributed by atoms with van der Waals surface area (Å²) in [6.07, 6.45) is 0. The number of carbonyl (C=O) groups is 1. The van der Waals surface area contributed by atoms with E-state index in [1.54, 1.807) is 19.2 Å². The lowest BCUT2D eigenvalue weighted by Gasteiger charge is -2.23. The molecular weight excluding hydrogens is 335 g/mol. The van der Waals surface area contributed by atoms with Gasteiger partial charge in [-0.25, -0.2) is 9.18 Å². The summed E-state index contributed by atoms with van der Waals surface area (Å²) in [6, 6.07) is 6.12. The fraction of sp³-hybridized carbons (Fsp3) is 0.429. The fourth-order valence-corrected chi connectivity index (χ4v) is 3.09. The molecule has 0 aliphatic rings. The molecule has 1 heterocycles. The minimum absolute atomic E-state index is 0.0254. The Labute approximate surface area is 154 Å². The summed E-state index contributed by atoms with van der Waals surface area (Å²) >= 11 is 0. The molecule has 4 nitrogen and oxygen atoms in total. The largest absolute Gasteiger partial charge is 0.465 e. The van der Waals surface area contributed by atoms with Gasteiger partial charge in [-0.2, -0.15) is 0 Å². The molecule has 0 N–H and O–H groups in total. The first-order valence-electron chi connectivity index (χ1n) is 8.71. The molecule has 0 aliphatic carbocycles. The maximum Gasteiger partial charge on any atom is 0.340 e. The Hall–Kier alpha value is -2.27. The predicted molar refractivity (Wildman–Crippen MR) is 99.9 cm³/mol. The van der Waals surface area contributed by atoms with Crippen LogP contribution in [-0.2, 0) is 16.1 Å². The first-order valence-corrected chi connectivity index (χ1v) is 8.71. The minimum atomic E-state index is -0.451. The zero-order chi connectivity index (χ0) is 19.4. The van der Waals surface area contributed by atoms with E-state index in [1.807, 2.05) is 13.8 Å². The number of ether oxygens (including phenoxy) is 2. The Morgan fingerprint density at radius 2 is 1.62 bits per heavy atom. The molecule has 0 radical (unpaired) electrons. The van der Waals surface area contributed by atoms with Crippen molar-refractivity contribution in [2.24, 2.45) is 0 Å². The van der Waals surface area contributed by atoms with Crippen molar-refractivity contribution >= 4 is 5.97 Å². The molecule has 0 saturated heterocycles. The van der Waals surface area contributed by atoms with Crippen molar-refractivity contribution < 1.29 is 18.7 Å². The standard InChI is InChI=1S/C21H26FNO3/c1-12(2)19-16(11-25-5)17(14-7-9-15(22)10-8-14)18(21(24)26-6)20(23-19)13(3)4/h7-10,12-13H,11H2,1-6H3/i21+2. The van der Waals surface area contributed by atoms with Crippen LogP contribution in [0.2, 0.25) is 0 Å². The van der Waals surface area contributed by atoms with Gasteiger partial charge in [0, 0.05) is 23.9 Å². The van der Waals surface area contributed by atoms with Gasteiger partial charge in [0.1, 0.15) is 5.82 Å². The Kier molecular flexibility index (Phi) is 6.48. The van der Waals surface area contributed by atoms with Crippen LogP contribution in [0.5, 0.6) is 0 Å². The third kappa shape index (κ3) is 3.93. The monoisotopic (exact) mass is 361 g/mol. The van der Waals surface area contributed by atoms with E-state index >= 15 is 0 Å². The molecule has 0 amide bonds. The summed E-state index contributed by atoms with van der Waals surface area (Å²) in [5, 5.41) is 0. The van der Waals surface area contributed by atoms with Crippen LogP contribution in [0.25, 0.3) is 11.1 Å². The molecule has 2 aromatic rings. The highest BCUT2D eigenvalue weighted by Crippen LogP contribution is 2.37. The molecule has 2 rings (SSSR count). The van der Waals surface area contributed by atoms with E-state index in [1.165, 1.54) is 19.2 Å². The number of rotatable bonds is 6. The SMILES string of the molecule is COCc1c(C(C)C)nc(C(C)C)c([14C](=O)OC)c1-c1ccc(F)cc1. The lowest BCUT2D eigenvalue weighted by Crippen LogP contribution is -2.17. The lowest BCUT2D eigenvalue weighted by atomic mass is 9.90. The maximum atomic E-state index is 13.5. The molecule has 0 aliphatic heterocycles. The molecule has 1 aromatic heterocycles. The number of esters is 1. The predicted octanol–water partition coefficient (Wildman–Crippen LogP) is 5.07. The van der Waals surface area contributed by atoms with Gasteiger partial charge < -0.3 is 9.47 Å². The van der Waals surface area contributed by atoms with Gasteiger partial charge in [-0.05, 0) is 29.5 Å². The van der Waals surface area contributed by atoms with E-state index in [0.29, 0.717) is 23.4 Å². The van der Waals surface area contributed by atoms with Crippen LogP contribution in [0.15, 0.2) is 24.3 Å². The van der Waals surface area contributed by atoms with Crippen molar-refractivity contribution in [3.63, 3.8) is 0 Å². The molecule has 0 fully saturated rings. The molecule has 0 atom stereocenters. The number of benzene rings is 1. The molecule has 0 unspecified atom stereocenters. The number of nitrogens with zero attached hydrogens (tertiary/aromatic N) is 1. The fourth-order valence-electron chi connectivity index (χ4n) is 3.09. The number of hydrogen-bond acceptors (Lipinski definition) is 4. The zero-order valence-electron chi connectivity index (χ0n) is 16.2. The highest BCUT2D eigenvalue weighted by molar-refractivity contribution is 5.99. The quantitative estimate of drug-likeness (QED) is 0.674. The Morgan fingerprint density at radius 1 is 1.04 bits per heavy atom. The molecule has 5 heteroatoms. The van der Waals surface area contributed by atoms with Crippen LogP contribution in [0.3, 0.4) is 0 Å². The van der Waals surface area contributed by atoms with Crippen LogP contribution >= 0.6 is 0 Å². The normalized spacial score (nSPS) is 11.3. The lowest BCUT2D eigenvalue weighted by molar-refractivity contribution is 0.0599. The van der Waals surface area contributed by atoms with E-state index in [2.05, 4.69) is 13.8 Å². The van der Waals surface area contributed by atoms with Crippen LogP contribution in [0.1, 0.15) is 66.8 Å². The molecule has 0 spiro atoms. The van der Waals surface area contributed by atoms with Gasteiger partial charge in [-0.15, -0.1) is 0 Å². The van der Waals surface area contributed by atoms with Gasteiger partial charge in [0.15, 0.2) is 0 Å². The summed E-state index contributed by atoms with van der Waals surface area (Å²) in [5.74, 6) is -0.613. The van der Waals surface area contributed by atoms with Crippen molar-refractivity contribution in [3.8, 4) is 11.1 Å². The first-order chi connectivity index (χ1) is 12.3. The molecule has 0 saturated carbocycles. The van der Waals surface area contributed by atoms with Gasteiger partial charge in [0.2, 0.25) is 0 Å². The third-order valence-corrected chi connectivity index (χ3v) is 4.26. The molecule has 26 heavy (non-hydrogen) atoms.